The molecule has 0 amide bonds. The molecule has 102 valence electrons. The van der Waals surface area contributed by atoms with E-state index in [1.807, 2.05) is 19.4 Å². The van der Waals surface area contributed by atoms with Gasteiger partial charge in [0, 0.05) is 20.1 Å². The summed E-state index contributed by atoms with van der Waals surface area (Å²) in [6.45, 7) is 4.82. The first-order chi connectivity index (χ1) is 9.29. The van der Waals surface area contributed by atoms with E-state index in [2.05, 4.69) is 43.9 Å². The first-order valence-corrected chi connectivity index (χ1v) is 7.47. The van der Waals surface area contributed by atoms with Crippen LogP contribution in [0.1, 0.15) is 24.6 Å². The highest BCUT2D eigenvalue weighted by Crippen LogP contribution is 2.13. The normalized spacial score (nSPS) is 10.6. The van der Waals surface area contributed by atoms with Gasteiger partial charge in [-0.2, -0.15) is 11.3 Å². The molecule has 0 spiro atoms. The van der Waals surface area contributed by atoms with Gasteiger partial charge >= 0.3 is 0 Å². The van der Waals surface area contributed by atoms with Crippen LogP contribution >= 0.6 is 11.3 Å². The van der Waals surface area contributed by atoms with Gasteiger partial charge in [0.15, 0.2) is 0 Å². The van der Waals surface area contributed by atoms with Crippen LogP contribution in [0.2, 0.25) is 0 Å². The summed E-state index contributed by atoms with van der Waals surface area (Å²) in [5.41, 5.74) is 2.30. The van der Waals surface area contributed by atoms with Crippen LogP contribution in [0, 0.1) is 0 Å². The van der Waals surface area contributed by atoms with Gasteiger partial charge in [-0.15, -0.1) is 0 Å². The van der Waals surface area contributed by atoms with E-state index < -0.39 is 0 Å². The summed E-state index contributed by atoms with van der Waals surface area (Å²) in [5.74, 6) is 0.908. The SMILES string of the molecule is CCCNCc1cnc(N(C)Cc2ccsc2)cn1. The highest BCUT2D eigenvalue weighted by Gasteiger charge is 2.04. The average Bonchev–Trinajstić information content (AvgIpc) is 2.93. The van der Waals surface area contributed by atoms with E-state index in [0.29, 0.717) is 0 Å². The summed E-state index contributed by atoms with van der Waals surface area (Å²) in [6.07, 6.45) is 4.83. The van der Waals surface area contributed by atoms with E-state index in [1.54, 1.807) is 11.3 Å². The van der Waals surface area contributed by atoms with Crippen LogP contribution < -0.4 is 10.2 Å². The van der Waals surface area contributed by atoms with Crippen molar-refractivity contribution in [3.63, 3.8) is 0 Å². The summed E-state index contributed by atoms with van der Waals surface area (Å²) in [5, 5.41) is 7.58. The lowest BCUT2D eigenvalue weighted by atomic mass is 10.3. The fourth-order valence-electron chi connectivity index (χ4n) is 1.77. The summed E-state index contributed by atoms with van der Waals surface area (Å²) >= 11 is 1.72. The molecule has 0 aliphatic carbocycles. The largest absolute Gasteiger partial charge is 0.354 e. The van der Waals surface area contributed by atoms with Gasteiger partial charge in [0.05, 0.1) is 18.1 Å². The third-order valence-corrected chi connectivity index (χ3v) is 3.55. The maximum atomic E-state index is 4.46. The van der Waals surface area contributed by atoms with Crippen LogP contribution in [0.5, 0.6) is 0 Å². The lowest BCUT2D eigenvalue weighted by molar-refractivity contribution is 0.661. The third-order valence-electron chi connectivity index (χ3n) is 2.82. The zero-order valence-electron chi connectivity index (χ0n) is 11.5. The summed E-state index contributed by atoms with van der Waals surface area (Å²) in [4.78, 5) is 11.0. The van der Waals surface area contributed by atoms with Gasteiger partial charge in [0.1, 0.15) is 5.82 Å². The van der Waals surface area contributed by atoms with E-state index in [4.69, 9.17) is 0 Å². The van der Waals surface area contributed by atoms with Crippen molar-refractivity contribution in [3.05, 3.63) is 40.5 Å². The van der Waals surface area contributed by atoms with Crippen molar-refractivity contribution in [1.29, 1.82) is 0 Å². The van der Waals surface area contributed by atoms with Crippen LogP contribution in [0.25, 0.3) is 0 Å². The molecule has 0 atom stereocenters. The second-order valence-electron chi connectivity index (χ2n) is 4.53. The van der Waals surface area contributed by atoms with Gasteiger partial charge in [-0.05, 0) is 35.4 Å². The van der Waals surface area contributed by atoms with Crippen LogP contribution in [-0.4, -0.2) is 23.6 Å². The second kappa shape index (κ2) is 7.21. The number of rotatable bonds is 7. The topological polar surface area (TPSA) is 41.1 Å². The second-order valence-corrected chi connectivity index (χ2v) is 5.31. The molecule has 2 heterocycles. The van der Waals surface area contributed by atoms with E-state index in [1.165, 1.54) is 5.56 Å². The predicted molar refractivity (Wildman–Crippen MR) is 80.5 cm³/mol. The van der Waals surface area contributed by atoms with Gasteiger partial charge in [0.25, 0.3) is 0 Å². The lowest BCUT2D eigenvalue weighted by Gasteiger charge is -2.17. The Bertz CT molecular complexity index is 467. The quantitative estimate of drug-likeness (QED) is 0.789. The van der Waals surface area contributed by atoms with Gasteiger partial charge in [-0.3, -0.25) is 4.98 Å². The van der Waals surface area contributed by atoms with Gasteiger partial charge < -0.3 is 10.2 Å². The minimum Gasteiger partial charge on any atom is -0.354 e. The summed E-state index contributed by atoms with van der Waals surface area (Å²) < 4.78 is 0. The van der Waals surface area contributed by atoms with Crippen molar-refractivity contribution < 1.29 is 0 Å². The molecule has 0 radical (unpaired) electrons. The first-order valence-electron chi connectivity index (χ1n) is 6.53. The Kier molecular flexibility index (Phi) is 5.30. The van der Waals surface area contributed by atoms with Gasteiger partial charge in [0.2, 0.25) is 0 Å². The summed E-state index contributed by atoms with van der Waals surface area (Å²) in [7, 11) is 2.04. The van der Waals surface area contributed by atoms with Crippen molar-refractivity contribution in [2.75, 3.05) is 18.5 Å². The minimum atomic E-state index is 0.787. The molecule has 4 nitrogen and oxygen atoms in total. The van der Waals surface area contributed by atoms with E-state index in [9.17, 15) is 0 Å². The molecule has 0 saturated heterocycles. The highest BCUT2D eigenvalue weighted by molar-refractivity contribution is 7.07. The molecule has 2 aromatic heterocycles. The smallest absolute Gasteiger partial charge is 0.147 e. The Hall–Kier alpha value is -1.46. The van der Waals surface area contributed by atoms with Gasteiger partial charge in [-0.1, -0.05) is 6.92 Å². The fraction of sp³-hybridized carbons (Fsp3) is 0.429. The van der Waals surface area contributed by atoms with Crippen LogP contribution in [0.15, 0.2) is 29.2 Å². The highest BCUT2D eigenvalue weighted by atomic mass is 32.1. The standard InChI is InChI=1S/C14H20N4S/c1-3-5-15-7-13-8-17-14(9-16-13)18(2)10-12-4-6-19-11-12/h4,6,8-9,11,15H,3,5,7,10H2,1-2H3. The zero-order valence-corrected chi connectivity index (χ0v) is 12.3. The van der Waals surface area contributed by atoms with Crippen LogP contribution in [0.4, 0.5) is 5.82 Å². The molecule has 0 bridgehead atoms. The van der Waals surface area contributed by atoms with E-state index >= 15 is 0 Å². The van der Waals surface area contributed by atoms with Crippen molar-refractivity contribution in [2.24, 2.45) is 0 Å². The number of nitrogens with one attached hydrogen (secondary N) is 1. The molecule has 0 aliphatic rings. The molecule has 1 N–H and O–H groups in total. The molecule has 2 aromatic rings. The zero-order chi connectivity index (χ0) is 13.5. The minimum absolute atomic E-state index is 0.787. The van der Waals surface area contributed by atoms with E-state index in [0.717, 1.165) is 37.6 Å². The van der Waals surface area contributed by atoms with Crippen LogP contribution in [0.3, 0.4) is 0 Å². The molecular weight excluding hydrogens is 256 g/mol. The third kappa shape index (κ3) is 4.29. The molecule has 0 unspecified atom stereocenters. The molecular formula is C14H20N4S. The number of hydrogen-bond donors (Lipinski definition) is 1. The van der Waals surface area contributed by atoms with Crippen molar-refractivity contribution in [3.8, 4) is 0 Å². The van der Waals surface area contributed by atoms with Crippen molar-refractivity contribution >= 4 is 17.2 Å². The Labute approximate surface area is 118 Å². The number of anilines is 1. The fourth-order valence-corrected chi connectivity index (χ4v) is 2.43. The maximum absolute atomic E-state index is 4.46. The van der Waals surface area contributed by atoms with Gasteiger partial charge in [-0.25, -0.2) is 4.98 Å². The Morgan fingerprint density at radius 2 is 2.21 bits per heavy atom. The predicted octanol–water partition coefficient (Wildman–Crippen LogP) is 2.67. The summed E-state index contributed by atoms with van der Waals surface area (Å²) in [6, 6.07) is 2.14. The lowest BCUT2D eigenvalue weighted by Crippen LogP contribution is -2.19. The van der Waals surface area contributed by atoms with E-state index in [-0.39, 0.29) is 0 Å². The Morgan fingerprint density at radius 1 is 1.32 bits per heavy atom. The van der Waals surface area contributed by atoms with Crippen molar-refractivity contribution in [1.82, 2.24) is 15.3 Å². The number of thiophene rings is 1. The number of nitrogens with zero attached hydrogens (tertiary/aromatic N) is 3. The molecule has 0 aromatic carbocycles. The monoisotopic (exact) mass is 276 g/mol. The maximum Gasteiger partial charge on any atom is 0.147 e. The number of hydrogen-bond acceptors (Lipinski definition) is 5. The van der Waals surface area contributed by atoms with Crippen LogP contribution in [-0.2, 0) is 13.1 Å². The number of aromatic nitrogens is 2. The molecule has 2 rings (SSSR count). The average molecular weight is 276 g/mol. The Balaban J connectivity index is 1.90. The molecule has 0 saturated carbocycles. The Morgan fingerprint density at radius 3 is 2.84 bits per heavy atom. The molecule has 0 fully saturated rings. The molecule has 0 aliphatic heterocycles. The molecule has 19 heavy (non-hydrogen) atoms. The first kappa shape index (κ1) is 14.0. The molecule has 5 heteroatoms. The van der Waals surface area contributed by atoms with Crippen molar-refractivity contribution in [2.45, 2.75) is 26.4 Å².